The highest BCUT2D eigenvalue weighted by Gasteiger charge is 2.28. The number of nitrogens with two attached hydrogens (primary N) is 1. The van der Waals surface area contributed by atoms with Gasteiger partial charge in [0.1, 0.15) is 5.84 Å². The van der Waals surface area contributed by atoms with E-state index in [2.05, 4.69) is 46.1 Å². The van der Waals surface area contributed by atoms with Crippen molar-refractivity contribution in [2.45, 2.75) is 58.5 Å². The third-order valence-electron chi connectivity index (χ3n) is 6.04. The quantitative estimate of drug-likeness (QED) is 0.735. The van der Waals surface area contributed by atoms with Gasteiger partial charge in [0.2, 0.25) is 0 Å². The van der Waals surface area contributed by atoms with Crippen LogP contribution in [-0.4, -0.2) is 16.5 Å². The van der Waals surface area contributed by atoms with Gasteiger partial charge in [0, 0.05) is 23.5 Å². The molecule has 0 spiro atoms. The van der Waals surface area contributed by atoms with E-state index < -0.39 is 0 Å². The Labute approximate surface area is 173 Å². The summed E-state index contributed by atoms with van der Waals surface area (Å²) in [6.07, 6.45) is 10.0. The highest BCUT2D eigenvalue weighted by molar-refractivity contribution is 6.40. The summed E-state index contributed by atoms with van der Waals surface area (Å²) in [5.41, 5.74) is 12.8. The van der Waals surface area contributed by atoms with Gasteiger partial charge in [0.05, 0.1) is 18.3 Å². The van der Waals surface area contributed by atoms with E-state index in [1.807, 2.05) is 20.0 Å². The van der Waals surface area contributed by atoms with Crippen LogP contribution in [0.4, 0.5) is 0 Å². The summed E-state index contributed by atoms with van der Waals surface area (Å²) < 4.78 is 0. The second-order valence-corrected chi connectivity index (χ2v) is 8.01. The summed E-state index contributed by atoms with van der Waals surface area (Å²) in [6.45, 7) is 4.46. The van der Waals surface area contributed by atoms with E-state index >= 15 is 0 Å². The van der Waals surface area contributed by atoms with Crippen LogP contribution >= 0.6 is 0 Å². The first-order valence-corrected chi connectivity index (χ1v) is 10.5. The Morgan fingerprint density at radius 1 is 1.03 bits per heavy atom. The van der Waals surface area contributed by atoms with Gasteiger partial charge in [-0.2, -0.15) is 0 Å². The summed E-state index contributed by atoms with van der Waals surface area (Å²) in [4.78, 5) is 14.0. The molecule has 2 heterocycles. The topological polar surface area (TPSA) is 63.6 Å². The van der Waals surface area contributed by atoms with Gasteiger partial charge in [0.15, 0.2) is 0 Å². The van der Waals surface area contributed by atoms with Gasteiger partial charge in [0.25, 0.3) is 0 Å². The lowest BCUT2D eigenvalue weighted by Crippen LogP contribution is -2.27. The van der Waals surface area contributed by atoms with Gasteiger partial charge in [-0.15, -0.1) is 5.92 Å². The Hall–Kier alpha value is -2.93. The van der Waals surface area contributed by atoms with Gasteiger partial charge < -0.3 is 5.73 Å². The molecular formula is C25H28N4. The molecule has 1 aliphatic heterocycles. The standard InChI is InChI=1S/C25H28N4/c1-3-7-18-12-22(15-27-14-18)20-10-11-21-16-28-17(2)25(26)29-24(23(21)13-20)19-8-5-4-6-9-19/h10-15,19,24H,4-6,8-9,16H2,1-2H3,(H2,26,29)/b28-17-. The van der Waals surface area contributed by atoms with Crippen molar-refractivity contribution in [3.05, 3.63) is 53.3 Å². The molecule has 148 valence electrons. The van der Waals surface area contributed by atoms with E-state index in [9.17, 15) is 0 Å². The minimum atomic E-state index is 0.0993. The van der Waals surface area contributed by atoms with E-state index in [0.717, 1.165) is 22.4 Å². The van der Waals surface area contributed by atoms with Gasteiger partial charge in [-0.1, -0.05) is 37.3 Å². The number of amidine groups is 1. The lowest BCUT2D eigenvalue weighted by molar-refractivity contribution is 0.308. The Morgan fingerprint density at radius 3 is 2.66 bits per heavy atom. The van der Waals surface area contributed by atoms with E-state index in [1.54, 1.807) is 6.20 Å². The molecule has 4 rings (SSSR count). The van der Waals surface area contributed by atoms with Crippen LogP contribution in [0.2, 0.25) is 0 Å². The average molecular weight is 385 g/mol. The smallest absolute Gasteiger partial charge is 0.140 e. The number of hydrogen-bond donors (Lipinski definition) is 1. The van der Waals surface area contributed by atoms with Crippen LogP contribution in [0.5, 0.6) is 0 Å². The molecule has 0 bridgehead atoms. The first-order valence-electron chi connectivity index (χ1n) is 10.5. The largest absolute Gasteiger partial charge is 0.382 e. The number of hydrogen-bond acceptors (Lipinski definition) is 4. The van der Waals surface area contributed by atoms with Gasteiger partial charge in [-0.05, 0) is 61.4 Å². The molecule has 1 aliphatic carbocycles. The third-order valence-corrected chi connectivity index (χ3v) is 6.04. The molecule has 1 aromatic carbocycles. The van der Waals surface area contributed by atoms with E-state index in [1.165, 1.54) is 43.2 Å². The zero-order valence-corrected chi connectivity index (χ0v) is 17.3. The fraction of sp³-hybridized carbons (Fsp3) is 0.400. The lowest BCUT2D eigenvalue weighted by Gasteiger charge is -2.30. The van der Waals surface area contributed by atoms with Gasteiger partial charge >= 0.3 is 0 Å². The molecule has 0 radical (unpaired) electrons. The van der Waals surface area contributed by atoms with Crippen LogP contribution in [0.3, 0.4) is 0 Å². The molecule has 0 saturated heterocycles. The Morgan fingerprint density at radius 2 is 1.86 bits per heavy atom. The number of aromatic nitrogens is 1. The third kappa shape index (κ3) is 4.24. The maximum atomic E-state index is 6.30. The highest BCUT2D eigenvalue weighted by Crippen LogP contribution is 2.40. The summed E-state index contributed by atoms with van der Waals surface area (Å²) >= 11 is 0. The molecule has 4 nitrogen and oxygen atoms in total. The number of fused-ring (bicyclic) bond motifs is 1. The van der Waals surface area contributed by atoms with Crippen LogP contribution < -0.4 is 5.73 Å². The molecule has 1 unspecified atom stereocenters. The molecule has 2 aromatic rings. The minimum absolute atomic E-state index is 0.0993. The van der Waals surface area contributed by atoms with E-state index in [0.29, 0.717) is 18.3 Å². The van der Waals surface area contributed by atoms with E-state index in [-0.39, 0.29) is 6.04 Å². The lowest BCUT2D eigenvalue weighted by atomic mass is 9.79. The zero-order chi connectivity index (χ0) is 20.2. The average Bonchev–Trinajstić information content (AvgIpc) is 2.76. The fourth-order valence-electron chi connectivity index (χ4n) is 4.41. The summed E-state index contributed by atoms with van der Waals surface area (Å²) in [5.74, 6) is 7.17. The molecule has 1 aromatic heterocycles. The molecule has 0 amide bonds. The number of pyridine rings is 1. The number of rotatable bonds is 2. The maximum Gasteiger partial charge on any atom is 0.140 e. The maximum absolute atomic E-state index is 6.30. The molecule has 2 N–H and O–H groups in total. The zero-order valence-electron chi connectivity index (χ0n) is 17.3. The number of benzene rings is 1. The predicted molar refractivity (Wildman–Crippen MR) is 120 cm³/mol. The van der Waals surface area contributed by atoms with Crippen molar-refractivity contribution in [2.24, 2.45) is 21.6 Å². The van der Waals surface area contributed by atoms with Crippen LogP contribution in [-0.2, 0) is 6.54 Å². The molecule has 4 heteroatoms. The summed E-state index contributed by atoms with van der Waals surface area (Å²) in [6, 6.07) is 8.84. The Kier molecular flexibility index (Phi) is 5.76. The van der Waals surface area contributed by atoms with Crippen molar-refractivity contribution < 1.29 is 0 Å². The van der Waals surface area contributed by atoms with Crippen LogP contribution in [0.1, 0.15) is 68.7 Å². The normalized spacial score (nSPS) is 23.3. The van der Waals surface area contributed by atoms with Crippen LogP contribution in [0.15, 0.2) is 46.6 Å². The van der Waals surface area contributed by atoms with Crippen molar-refractivity contribution in [1.82, 2.24) is 4.98 Å². The van der Waals surface area contributed by atoms with Crippen molar-refractivity contribution in [3.8, 4) is 23.0 Å². The minimum Gasteiger partial charge on any atom is -0.382 e. The van der Waals surface area contributed by atoms with Crippen LogP contribution in [0.25, 0.3) is 11.1 Å². The molecule has 29 heavy (non-hydrogen) atoms. The van der Waals surface area contributed by atoms with Crippen molar-refractivity contribution >= 4 is 11.5 Å². The molecule has 1 fully saturated rings. The Bertz CT molecular complexity index is 1020. The van der Waals surface area contributed by atoms with Crippen molar-refractivity contribution in [2.75, 3.05) is 0 Å². The molecule has 1 saturated carbocycles. The summed E-state index contributed by atoms with van der Waals surface area (Å²) in [5, 5.41) is 0. The SMILES string of the molecule is CC#Cc1cncc(-c2ccc3c(c2)C(C2CCCCC2)/N=C(N)\C(C)=N/C3)c1. The highest BCUT2D eigenvalue weighted by atomic mass is 14.9. The number of nitrogens with zero attached hydrogens (tertiary/aromatic N) is 3. The second-order valence-electron chi connectivity index (χ2n) is 8.01. The Balaban J connectivity index is 1.81. The van der Waals surface area contributed by atoms with E-state index in [4.69, 9.17) is 10.7 Å². The second kappa shape index (κ2) is 8.61. The predicted octanol–water partition coefficient (Wildman–Crippen LogP) is 5.07. The molecular weight excluding hydrogens is 356 g/mol. The molecule has 2 aliphatic rings. The molecule has 1 atom stereocenters. The fourth-order valence-corrected chi connectivity index (χ4v) is 4.41. The van der Waals surface area contributed by atoms with Gasteiger partial charge in [-0.3, -0.25) is 15.0 Å². The first-order chi connectivity index (χ1) is 14.2. The monoisotopic (exact) mass is 384 g/mol. The van der Waals surface area contributed by atoms with Gasteiger partial charge in [-0.25, -0.2) is 0 Å². The van der Waals surface area contributed by atoms with Crippen molar-refractivity contribution in [1.29, 1.82) is 0 Å². The van der Waals surface area contributed by atoms with Crippen molar-refractivity contribution in [3.63, 3.8) is 0 Å². The first kappa shape index (κ1) is 19.4. The van der Waals surface area contributed by atoms with Crippen LogP contribution in [0, 0.1) is 17.8 Å². The number of aliphatic imine (C=N–C) groups is 2. The summed E-state index contributed by atoms with van der Waals surface area (Å²) in [7, 11) is 0.